The molecule has 0 aliphatic heterocycles. The zero-order chi connectivity index (χ0) is 15.0. The Bertz CT molecular complexity index is 699. The Hall–Kier alpha value is -1.34. The molecule has 2 heterocycles. The van der Waals surface area contributed by atoms with Crippen molar-refractivity contribution >= 4 is 45.1 Å². The molecule has 1 atom stereocenters. The first-order valence-corrected chi connectivity index (χ1v) is 8.66. The van der Waals surface area contributed by atoms with Gasteiger partial charge in [-0.1, -0.05) is 18.7 Å². The number of thiophene rings is 1. The number of aromatic nitrogens is 2. The second-order valence-corrected chi connectivity index (χ2v) is 7.31. The molecule has 7 heteroatoms. The smallest absolute Gasteiger partial charge is 0.316 e. The van der Waals surface area contributed by atoms with Gasteiger partial charge in [-0.25, -0.2) is 9.97 Å². The van der Waals surface area contributed by atoms with Crippen molar-refractivity contribution < 1.29 is 9.53 Å². The summed E-state index contributed by atoms with van der Waals surface area (Å²) in [5.41, 5.74) is 7.47. The van der Waals surface area contributed by atoms with E-state index < -0.39 is 0 Å². The number of anilines is 1. The fourth-order valence-electron chi connectivity index (χ4n) is 2.60. The molecule has 0 saturated heterocycles. The van der Waals surface area contributed by atoms with Gasteiger partial charge in [0, 0.05) is 4.88 Å². The van der Waals surface area contributed by atoms with E-state index in [0.29, 0.717) is 16.9 Å². The van der Waals surface area contributed by atoms with E-state index in [9.17, 15) is 4.79 Å². The molecule has 112 valence electrons. The molecule has 3 rings (SSSR count). The minimum absolute atomic E-state index is 0.198. The average molecular weight is 323 g/mol. The van der Waals surface area contributed by atoms with Crippen LogP contribution >= 0.6 is 23.1 Å². The van der Waals surface area contributed by atoms with Gasteiger partial charge < -0.3 is 10.5 Å². The van der Waals surface area contributed by atoms with Crippen LogP contribution in [0.2, 0.25) is 0 Å². The topological polar surface area (TPSA) is 78.1 Å². The standard InChI is InChI=1S/C14H17N3O2S2/c1-7-3-4-9-8(5-7)11-12(15)16-14(17-13(11)21-9)20-6-10(18)19-2/h7H,3-6H2,1-2H3,(H2,15,16,17)/t7-/m0/s1. The number of nitrogens with zero attached hydrogens (tertiary/aromatic N) is 2. The number of hydrogen-bond acceptors (Lipinski definition) is 7. The van der Waals surface area contributed by atoms with E-state index >= 15 is 0 Å². The molecule has 0 spiro atoms. The number of aryl methyl sites for hydroxylation is 1. The molecule has 1 aliphatic rings. The fraction of sp³-hybridized carbons (Fsp3) is 0.500. The summed E-state index contributed by atoms with van der Waals surface area (Å²) in [5, 5.41) is 1.56. The number of hydrogen-bond donors (Lipinski definition) is 1. The monoisotopic (exact) mass is 323 g/mol. The Kier molecular flexibility index (Phi) is 4.03. The number of nitrogen functional groups attached to an aromatic ring is 1. The van der Waals surface area contributed by atoms with Crippen LogP contribution in [0, 0.1) is 5.92 Å². The maximum absolute atomic E-state index is 11.2. The molecule has 0 fully saturated rings. The molecule has 0 saturated carbocycles. The number of nitrogens with two attached hydrogens (primary N) is 1. The van der Waals surface area contributed by atoms with Gasteiger partial charge >= 0.3 is 5.97 Å². The van der Waals surface area contributed by atoms with Gasteiger partial charge in [0.05, 0.1) is 18.2 Å². The van der Waals surface area contributed by atoms with Crippen molar-refractivity contribution in [1.29, 1.82) is 0 Å². The van der Waals surface area contributed by atoms with E-state index in [4.69, 9.17) is 5.73 Å². The highest BCUT2D eigenvalue weighted by molar-refractivity contribution is 7.99. The van der Waals surface area contributed by atoms with Crippen molar-refractivity contribution in [2.75, 3.05) is 18.6 Å². The van der Waals surface area contributed by atoms with Gasteiger partial charge in [-0.15, -0.1) is 11.3 Å². The summed E-state index contributed by atoms with van der Waals surface area (Å²) in [7, 11) is 1.37. The molecule has 1 aliphatic carbocycles. The first-order chi connectivity index (χ1) is 10.1. The van der Waals surface area contributed by atoms with Gasteiger partial charge in [0.15, 0.2) is 5.16 Å². The summed E-state index contributed by atoms with van der Waals surface area (Å²) in [5.74, 6) is 1.12. The average Bonchev–Trinajstić information content (AvgIpc) is 2.82. The molecule has 0 radical (unpaired) electrons. The maximum Gasteiger partial charge on any atom is 0.316 e. The lowest BCUT2D eigenvalue weighted by atomic mass is 9.89. The highest BCUT2D eigenvalue weighted by atomic mass is 32.2. The second kappa shape index (κ2) is 5.81. The predicted molar refractivity (Wildman–Crippen MR) is 85.8 cm³/mol. The first-order valence-electron chi connectivity index (χ1n) is 6.86. The molecule has 0 unspecified atom stereocenters. The Morgan fingerprint density at radius 2 is 2.33 bits per heavy atom. The van der Waals surface area contributed by atoms with Crippen LogP contribution in [-0.4, -0.2) is 28.8 Å². The normalized spacial score (nSPS) is 17.7. The third kappa shape index (κ3) is 2.85. The highest BCUT2D eigenvalue weighted by Crippen LogP contribution is 2.39. The minimum Gasteiger partial charge on any atom is -0.468 e. The first kappa shape index (κ1) is 14.6. The van der Waals surface area contributed by atoms with Gasteiger partial charge in [-0.2, -0.15) is 0 Å². The van der Waals surface area contributed by atoms with Crippen LogP contribution in [0.25, 0.3) is 10.2 Å². The van der Waals surface area contributed by atoms with Crippen LogP contribution in [0.3, 0.4) is 0 Å². The molecule has 2 N–H and O–H groups in total. The molecular formula is C14H17N3O2S2. The van der Waals surface area contributed by atoms with Gasteiger partial charge in [0.25, 0.3) is 0 Å². The summed E-state index contributed by atoms with van der Waals surface area (Å²) in [4.78, 5) is 22.4. The van der Waals surface area contributed by atoms with Crippen molar-refractivity contribution in [3.8, 4) is 0 Å². The number of ether oxygens (including phenoxy) is 1. The summed E-state index contributed by atoms with van der Waals surface area (Å²) in [6, 6.07) is 0. The van der Waals surface area contributed by atoms with E-state index in [1.165, 1.54) is 35.7 Å². The van der Waals surface area contributed by atoms with Gasteiger partial charge in [-0.05, 0) is 30.7 Å². The van der Waals surface area contributed by atoms with Crippen molar-refractivity contribution in [3.63, 3.8) is 0 Å². The van der Waals surface area contributed by atoms with Crippen LogP contribution < -0.4 is 5.73 Å². The number of carbonyl (C=O) groups is 1. The third-order valence-electron chi connectivity index (χ3n) is 3.71. The second-order valence-electron chi connectivity index (χ2n) is 5.29. The lowest BCUT2D eigenvalue weighted by molar-refractivity contribution is -0.137. The Balaban J connectivity index is 1.96. The van der Waals surface area contributed by atoms with E-state index in [1.54, 1.807) is 11.3 Å². The lowest BCUT2D eigenvalue weighted by Crippen LogP contribution is -2.09. The molecule has 0 amide bonds. The Morgan fingerprint density at radius 1 is 1.52 bits per heavy atom. The summed E-state index contributed by atoms with van der Waals surface area (Å²) < 4.78 is 4.62. The van der Waals surface area contributed by atoms with Crippen molar-refractivity contribution in [1.82, 2.24) is 9.97 Å². The van der Waals surface area contributed by atoms with Crippen molar-refractivity contribution in [3.05, 3.63) is 10.4 Å². The molecular weight excluding hydrogens is 306 g/mol. The van der Waals surface area contributed by atoms with E-state index in [0.717, 1.165) is 23.1 Å². The number of carbonyl (C=O) groups excluding carboxylic acids is 1. The van der Waals surface area contributed by atoms with E-state index in [2.05, 4.69) is 21.6 Å². The number of rotatable bonds is 3. The quantitative estimate of drug-likeness (QED) is 0.531. The Labute approximate surface area is 131 Å². The zero-order valence-electron chi connectivity index (χ0n) is 12.0. The number of fused-ring (bicyclic) bond motifs is 3. The Morgan fingerprint density at radius 3 is 3.10 bits per heavy atom. The number of esters is 1. The predicted octanol–water partition coefficient (Wildman–Crippen LogP) is 2.66. The number of thioether (sulfide) groups is 1. The fourth-order valence-corrected chi connectivity index (χ4v) is 4.57. The molecule has 2 aromatic heterocycles. The SMILES string of the molecule is COC(=O)CSc1nc(N)c2c3c(sc2n1)CC[C@H](C)C3. The molecule has 21 heavy (non-hydrogen) atoms. The number of methoxy groups -OCH3 is 1. The lowest BCUT2D eigenvalue weighted by Gasteiger charge is -2.18. The van der Waals surface area contributed by atoms with Crippen LogP contribution in [0.4, 0.5) is 5.82 Å². The summed E-state index contributed by atoms with van der Waals surface area (Å²) in [6.07, 6.45) is 3.37. The van der Waals surface area contributed by atoms with Crippen LogP contribution in [0.15, 0.2) is 5.16 Å². The van der Waals surface area contributed by atoms with Crippen LogP contribution in [-0.2, 0) is 22.4 Å². The third-order valence-corrected chi connectivity index (χ3v) is 5.71. The molecule has 5 nitrogen and oxygen atoms in total. The molecule has 0 bridgehead atoms. The van der Waals surface area contributed by atoms with Crippen molar-refractivity contribution in [2.24, 2.45) is 5.92 Å². The largest absolute Gasteiger partial charge is 0.468 e. The maximum atomic E-state index is 11.2. The molecule has 0 aromatic carbocycles. The van der Waals surface area contributed by atoms with Crippen LogP contribution in [0.1, 0.15) is 23.8 Å². The van der Waals surface area contributed by atoms with Crippen LogP contribution in [0.5, 0.6) is 0 Å². The van der Waals surface area contributed by atoms with E-state index in [-0.39, 0.29) is 11.7 Å². The summed E-state index contributed by atoms with van der Waals surface area (Å²) in [6.45, 7) is 2.27. The zero-order valence-corrected chi connectivity index (χ0v) is 13.6. The van der Waals surface area contributed by atoms with Crippen molar-refractivity contribution in [2.45, 2.75) is 31.3 Å². The summed E-state index contributed by atoms with van der Waals surface area (Å²) >= 11 is 2.97. The van der Waals surface area contributed by atoms with E-state index in [1.807, 2.05) is 0 Å². The van der Waals surface area contributed by atoms with Gasteiger partial charge in [0.2, 0.25) is 0 Å². The minimum atomic E-state index is -0.290. The van der Waals surface area contributed by atoms with Gasteiger partial charge in [-0.3, -0.25) is 4.79 Å². The van der Waals surface area contributed by atoms with Gasteiger partial charge in [0.1, 0.15) is 10.6 Å². The molecule has 2 aromatic rings. The highest BCUT2D eigenvalue weighted by Gasteiger charge is 2.23.